The third kappa shape index (κ3) is 7.21. The van der Waals surface area contributed by atoms with Crippen LogP contribution in [0.4, 0.5) is 4.79 Å². The van der Waals surface area contributed by atoms with E-state index in [1.54, 1.807) is 35.2 Å². The zero-order chi connectivity index (χ0) is 27.9. The quantitative estimate of drug-likeness (QED) is 0.364. The summed E-state index contributed by atoms with van der Waals surface area (Å²) in [5, 5.41) is 8.61. The number of benzene rings is 2. The normalized spacial score (nSPS) is 16.9. The Bertz CT molecular complexity index is 1290. The molecule has 2 aliphatic heterocycles. The molecule has 1 N–H and O–H groups in total. The topological polar surface area (TPSA) is 113 Å². The molecule has 4 rings (SSSR count). The summed E-state index contributed by atoms with van der Waals surface area (Å²) in [5.41, 5.74) is 1.59. The van der Waals surface area contributed by atoms with E-state index in [2.05, 4.69) is 15.9 Å². The van der Waals surface area contributed by atoms with Gasteiger partial charge in [-0.05, 0) is 88.9 Å². The van der Waals surface area contributed by atoms with Gasteiger partial charge in [-0.25, -0.2) is 4.79 Å². The highest BCUT2D eigenvalue weighted by atomic mass is 79.9. The number of amides is 3. The standard InChI is InChI=1S/C28H29BrN2O7S/c1-2-37-22-14-19(13-21(29)25(22)38-17-18-7-9-20(10-8-18)27(34)35)15-23-26(33)31(28(36)39-23)16-24(32)30-11-5-3-4-6-12-30/h7-10,13-15H,2-6,11-12,16-17H2,1H3,(H,34,35). The number of carboxylic acid groups (broad SMARTS) is 1. The Balaban J connectivity index is 1.48. The highest BCUT2D eigenvalue weighted by molar-refractivity contribution is 9.10. The van der Waals surface area contributed by atoms with Crippen LogP contribution in [-0.4, -0.2) is 64.2 Å². The van der Waals surface area contributed by atoms with Crippen molar-refractivity contribution in [2.75, 3.05) is 26.2 Å². The minimum atomic E-state index is -0.999. The average Bonchev–Trinajstić information content (AvgIpc) is 3.09. The van der Waals surface area contributed by atoms with E-state index in [0.717, 1.165) is 47.9 Å². The lowest BCUT2D eigenvalue weighted by atomic mass is 10.1. The number of rotatable bonds is 9. The van der Waals surface area contributed by atoms with Crippen LogP contribution in [0.3, 0.4) is 0 Å². The highest BCUT2D eigenvalue weighted by Gasteiger charge is 2.37. The molecule has 0 atom stereocenters. The third-order valence-corrected chi connectivity index (χ3v) is 7.84. The van der Waals surface area contributed by atoms with Crippen molar-refractivity contribution < 1.29 is 33.8 Å². The van der Waals surface area contributed by atoms with Crippen LogP contribution in [0.1, 0.15) is 54.1 Å². The van der Waals surface area contributed by atoms with Crippen molar-refractivity contribution in [2.45, 2.75) is 39.2 Å². The minimum absolute atomic E-state index is 0.182. The van der Waals surface area contributed by atoms with Gasteiger partial charge in [0.1, 0.15) is 13.2 Å². The van der Waals surface area contributed by atoms with Gasteiger partial charge < -0.3 is 19.5 Å². The Morgan fingerprint density at radius 3 is 2.38 bits per heavy atom. The number of carboxylic acids is 1. The molecule has 0 saturated carbocycles. The fourth-order valence-corrected chi connectivity index (χ4v) is 5.73. The van der Waals surface area contributed by atoms with E-state index in [1.807, 2.05) is 6.92 Å². The van der Waals surface area contributed by atoms with E-state index in [9.17, 15) is 19.2 Å². The Morgan fingerprint density at radius 2 is 1.74 bits per heavy atom. The van der Waals surface area contributed by atoms with Gasteiger partial charge in [0.25, 0.3) is 11.1 Å². The number of halogens is 1. The molecule has 39 heavy (non-hydrogen) atoms. The summed E-state index contributed by atoms with van der Waals surface area (Å²) in [6.45, 7) is 3.44. The van der Waals surface area contributed by atoms with Crippen molar-refractivity contribution in [2.24, 2.45) is 0 Å². The molecule has 0 aliphatic carbocycles. The molecule has 0 radical (unpaired) electrons. The molecule has 2 aliphatic rings. The molecular formula is C28H29BrN2O7S. The Labute approximate surface area is 239 Å². The van der Waals surface area contributed by atoms with Crippen molar-refractivity contribution in [3.05, 3.63) is 62.5 Å². The van der Waals surface area contributed by atoms with E-state index in [1.165, 1.54) is 12.1 Å². The fourth-order valence-electron chi connectivity index (χ4n) is 4.32. The molecule has 2 aromatic rings. The number of ether oxygens (including phenoxy) is 2. The number of hydrogen-bond donors (Lipinski definition) is 1. The van der Waals surface area contributed by atoms with Gasteiger partial charge in [0, 0.05) is 13.1 Å². The molecule has 0 unspecified atom stereocenters. The lowest BCUT2D eigenvalue weighted by molar-refractivity contribution is -0.135. The molecule has 0 aromatic heterocycles. The molecular weight excluding hydrogens is 588 g/mol. The number of carbonyl (C=O) groups is 4. The first kappa shape index (κ1) is 28.7. The van der Waals surface area contributed by atoms with Gasteiger partial charge in [-0.15, -0.1) is 0 Å². The number of nitrogens with zero attached hydrogens (tertiary/aromatic N) is 2. The van der Waals surface area contributed by atoms with Crippen LogP contribution in [0, 0.1) is 0 Å². The number of aromatic carboxylic acids is 1. The summed E-state index contributed by atoms with van der Waals surface area (Å²) >= 11 is 4.32. The van der Waals surface area contributed by atoms with E-state index >= 15 is 0 Å². The van der Waals surface area contributed by atoms with Crippen LogP contribution in [0.5, 0.6) is 11.5 Å². The van der Waals surface area contributed by atoms with Gasteiger partial charge in [-0.3, -0.25) is 19.3 Å². The molecule has 0 spiro atoms. The maximum atomic E-state index is 13.0. The van der Waals surface area contributed by atoms with Crippen LogP contribution in [0.25, 0.3) is 6.08 Å². The second-order valence-electron chi connectivity index (χ2n) is 9.12. The molecule has 2 saturated heterocycles. The summed E-state index contributed by atoms with van der Waals surface area (Å²) in [6.07, 6.45) is 5.62. The second-order valence-corrected chi connectivity index (χ2v) is 11.0. The fraction of sp³-hybridized carbons (Fsp3) is 0.357. The second kappa shape index (κ2) is 13.2. The molecule has 206 valence electrons. The maximum Gasteiger partial charge on any atom is 0.335 e. The predicted molar refractivity (Wildman–Crippen MR) is 151 cm³/mol. The van der Waals surface area contributed by atoms with Crippen molar-refractivity contribution in [1.82, 2.24) is 9.80 Å². The Morgan fingerprint density at radius 1 is 1.05 bits per heavy atom. The zero-order valence-electron chi connectivity index (χ0n) is 21.5. The largest absolute Gasteiger partial charge is 0.490 e. The maximum absolute atomic E-state index is 13.0. The van der Waals surface area contributed by atoms with Crippen molar-refractivity contribution >= 4 is 56.8 Å². The Hall–Kier alpha value is -3.31. The van der Waals surface area contributed by atoms with Crippen LogP contribution in [-0.2, 0) is 16.2 Å². The van der Waals surface area contributed by atoms with E-state index < -0.39 is 17.1 Å². The van der Waals surface area contributed by atoms with Gasteiger partial charge in [0.15, 0.2) is 11.5 Å². The smallest absolute Gasteiger partial charge is 0.335 e. The van der Waals surface area contributed by atoms with Gasteiger partial charge in [-0.1, -0.05) is 25.0 Å². The van der Waals surface area contributed by atoms with Crippen molar-refractivity contribution in [3.8, 4) is 11.5 Å². The highest BCUT2D eigenvalue weighted by Crippen LogP contribution is 2.39. The first-order valence-electron chi connectivity index (χ1n) is 12.7. The van der Waals surface area contributed by atoms with E-state index in [0.29, 0.717) is 41.2 Å². The average molecular weight is 618 g/mol. The monoisotopic (exact) mass is 616 g/mol. The number of imide groups is 1. The van der Waals surface area contributed by atoms with Crippen LogP contribution < -0.4 is 9.47 Å². The van der Waals surface area contributed by atoms with Crippen molar-refractivity contribution in [3.63, 3.8) is 0 Å². The molecule has 11 heteroatoms. The van der Waals surface area contributed by atoms with Crippen LogP contribution in [0.15, 0.2) is 45.8 Å². The van der Waals surface area contributed by atoms with Gasteiger partial charge in [0.2, 0.25) is 5.91 Å². The molecule has 2 heterocycles. The molecule has 3 amide bonds. The SMILES string of the molecule is CCOc1cc(C=C2SC(=O)N(CC(=O)N3CCCCCC3)C2=O)cc(Br)c1OCc1ccc(C(=O)O)cc1. The summed E-state index contributed by atoms with van der Waals surface area (Å²) in [6, 6.07) is 9.85. The summed E-state index contributed by atoms with van der Waals surface area (Å²) < 4.78 is 12.3. The van der Waals surface area contributed by atoms with E-state index in [-0.39, 0.29) is 29.5 Å². The predicted octanol–water partition coefficient (Wildman–Crippen LogP) is 5.56. The first-order chi connectivity index (χ1) is 18.8. The number of hydrogen-bond acceptors (Lipinski definition) is 7. The number of carbonyl (C=O) groups excluding carboxylic acids is 3. The summed E-state index contributed by atoms with van der Waals surface area (Å²) in [7, 11) is 0. The van der Waals surface area contributed by atoms with Gasteiger partial charge >= 0.3 is 5.97 Å². The van der Waals surface area contributed by atoms with Gasteiger partial charge in [-0.2, -0.15) is 0 Å². The molecule has 9 nitrogen and oxygen atoms in total. The van der Waals surface area contributed by atoms with Crippen LogP contribution >= 0.6 is 27.7 Å². The minimum Gasteiger partial charge on any atom is -0.490 e. The van der Waals surface area contributed by atoms with Gasteiger partial charge in [0.05, 0.1) is 21.5 Å². The first-order valence-corrected chi connectivity index (χ1v) is 14.3. The molecule has 2 fully saturated rings. The molecule has 0 bridgehead atoms. The number of thioether (sulfide) groups is 1. The lowest BCUT2D eigenvalue weighted by Gasteiger charge is -2.22. The molecule has 2 aromatic carbocycles. The van der Waals surface area contributed by atoms with E-state index in [4.69, 9.17) is 14.6 Å². The Kier molecular flexibility index (Phi) is 9.68. The zero-order valence-corrected chi connectivity index (χ0v) is 23.9. The third-order valence-electron chi connectivity index (χ3n) is 6.34. The lowest BCUT2D eigenvalue weighted by Crippen LogP contribution is -2.42. The summed E-state index contributed by atoms with van der Waals surface area (Å²) in [4.78, 5) is 52.5. The van der Waals surface area contributed by atoms with Crippen molar-refractivity contribution in [1.29, 1.82) is 0 Å². The summed E-state index contributed by atoms with van der Waals surface area (Å²) in [5.74, 6) is -0.807. The number of likely N-dealkylation sites (tertiary alicyclic amines) is 1. The van der Waals surface area contributed by atoms with Crippen LogP contribution in [0.2, 0.25) is 0 Å².